The molecule has 1 aromatic carbocycles. The maximum Gasteiger partial charge on any atom is 0.194 e. The van der Waals surface area contributed by atoms with Gasteiger partial charge in [-0.05, 0) is 32.6 Å². The molecule has 0 saturated carbocycles. The van der Waals surface area contributed by atoms with Crippen molar-refractivity contribution in [2.75, 3.05) is 0 Å². The highest BCUT2D eigenvalue weighted by molar-refractivity contribution is 7.17. The molecular formula is C18H17N3S. The summed E-state index contributed by atoms with van der Waals surface area (Å²) in [5, 5.41) is 9.27. The van der Waals surface area contributed by atoms with Crippen LogP contribution in [0.2, 0.25) is 0 Å². The highest BCUT2D eigenvalue weighted by Crippen LogP contribution is 2.35. The van der Waals surface area contributed by atoms with E-state index in [2.05, 4.69) is 41.7 Å². The molecule has 0 saturated heterocycles. The largest absolute Gasteiger partial charge is 0.290 e. The Balaban J connectivity index is 1.95. The summed E-state index contributed by atoms with van der Waals surface area (Å²) in [6.45, 7) is 2.09. The molecule has 0 radical (unpaired) electrons. The van der Waals surface area contributed by atoms with Crippen molar-refractivity contribution >= 4 is 16.3 Å². The highest BCUT2D eigenvalue weighted by atomic mass is 32.1. The van der Waals surface area contributed by atoms with Gasteiger partial charge in [0, 0.05) is 16.1 Å². The highest BCUT2D eigenvalue weighted by Gasteiger charge is 2.22. The fraction of sp³-hybridized carbons (Fsp3) is 0.333. The van der Waals surface area contributed by atoms with Gasteiger partial charge in [0.05, 0.1) is 23.9 Å². The molecule has 3 aromatic rings. The van der Waals surface area contributed by atoms with Gasteiger partial charge < -0.3 is 0 Å². The van der Waals surface area contributed by atoms with E-state index in [4.69, 9.17) is 4.98 Å². The van der Waals surface area contributed by atoms with Crippen molar-refractivity contribution < 1.29 is 0 Å². The second-order valence-corrected chi connectivity index (χ2v) is 6.97. The van der Waals surface area contributed by atoms with Gasteiger partial charge in [-0.1, -0.05) is 29.8 Å². The summed E-state index contributed by atoms with van der Waals surface area (Å²) in [7, 11) is 0. The topological polar surface area (TPSA) is 41.1 Å². The van der Waals surface area contributed by atoms with Crippen LogP contribution in [0.5, 0.6) is 0 Å². The maximum atomic E-state index is 9.27. The van der Waals surface area contributed by atoms with Crippen LogP contribution in [-0.4, -0.2) is 9.38 Å². The van der Waals surface area contributed by atoms with E-state index in [0.717, 1.165) is 34.8 Å². The molecule has 0 fully saturated rings. The van der Waals surface area contributed by atoms with Crippen LogP contribution < -0.4 is 0 Å². The van der Waals surface area contributed by atoms with Crippen molar-refractivity contribution in [3.05, 3.63) is 46.1 Å². The second kappa shape index (κ2) is 5.26. The molecule has 1 aliphatic rings. The Morgan fingerprint density at radius 1 is 1.23 bits per heavy atom. The minimum atomic E-state index is 0.410. The molecule has 2 aromatic heterocycles. The summed E-state index contributed by atoms with van der Waals surface area (Å²) < 4.78 is 2.26. The first kappa shape index (κ1) is 13.5. The van der Waals surface area contributed by atoms with Crippen molar-refractivity contribution in [3.8, 4) is 17.3 Å². The van der Waals surface area contributed by atoms with Crippen LogP contribution in [-0.2, 0) is 19.3 Å². The Morgan fingerprint density at radius 3 is 2.77 bits per heavy atom. The number of nitriles is 1. The number of fused-ring (bicyclic) bond motifs is 3. The van der Waals surface area contributed by atoms with Crippen LogP contribution >= 0.6 is 11.3 Å². The van der Waals surface area contributed by atoms with E-state index in [9.17, 15) is 5.26 Å². The van der Waals surface area contributed by atoms with Gasteiger partial charge in [0.25, 0.3) is 0 Å². The molecule has 0 aliphatic heterocycles. The third-order valence-electron chi connectivity index (χ3n) is 4.39. The second-order valence-electron chi connectivity index (χ2n) is 5.91. The lowest BCUT2D eigenvalue weighted by Crippen LogP contribution is -2.05. The molecule has 0 spiro atoms. The number of benzene rings is 1. The Bertz CT molecular complexity index is 878. The van der Waals surface area contributed by atoms with E-state index < -0.39 is 0 Å². The molecule has 1 aliphatic carbocycles. The number of rotatable bonds is 2. The Labute approximate surface area is 133 Å². The maximum absolute atomic E-state index is 9.27. The summed E-state index contributed by atoms with van der Waals surface area (Å²) in [4.78, 5) is 7.38. The monoisotopic (exact) mass is 307 g/mol. The first-order chi connectivity index (χ1) is 10.8. The van der Waals surface area contributed by atoms with Crippen LogP contribution in [0.4, 0.5) is 0 Å². The SMILES string of the molecule is Cc1ccc(-c2nc3sc4c(n3c2CC#N)CCCC4)cc1. The lowest BCUT2D eigenvalue weighted by Gasteiger charge is -2.12. The summed E-state index contributed by atoms with van der Waals surface area (Å²) in [6, 6.07) is 10.7. The van der Waals surface area contributed by atoms with Crippen molar-refractivity contribution in [3.63, 3.8) is 0 Å². The fourth-order valence-corrected chi connectivity index (χ4v) is 4.50. The van der Waals surface area contributed by atoms with E-state index in [-0.39, 0.29) is 0 Å². The molecule has 22 heavy (non-hydrogen) atoms. The number of hydrogen-bond acceptors (Lipinski definition) is 3. The smallest absolute Gasteiger partial charge is 0.194 e. The molecule has 0 N–H and O–H groups in total. The van der Waals surface area contributed by atoms with Gasteiger partial charge in [-0.25, -0.2) is 4.98 Å². The van der Waals surface area contributed by atoms with Crippen molar-refractivity contribution in [1.82, 2.24) is 9.38 Å². The number of imidazole rings is 1. The van der Waals surface area contributed by atoms with Gasteiger partial charge in [0.15, 0.2) is 4.96 Å². The molecule has 0 atom stereocenters. The summed E-state index contributed by atoms with van der Waals surface area (Å²) in [5.74, 6) is 0. The third kappa shape index (κ3) is 2.05. The molecule has 4 rings (SSSR count). The number of nitrogens with zero attached hydrogens (tertiary/aromatic N) is 3. The van der Waals surface area contributed by atoms with Crippen molar-refractivity contribution in [2.45, 2.75) is 39.0 Å². The van der Waals surface area contributed by atoms with E-state index in [0.29, 0.717) is 6.42 Å². The van der Waals surface area contributed by atoms with E-state index in [1.807, 2.05) is 0 Å². The van der Waals surface area contributed by atoms with Crippen molar-refractivity contribution in [1.29, 1.82) is 5.26 Å². The number of thiazole rings is 1. The molecule has 4 heteroatoms. The van der Waals surface area contributed by atoms with Gasteiger partial charge in [0.2, 0.25) is 0 Å². The molecule has 0 amide bonds. The minimum Gasteiger partial charge on any atom is -0.290 e. The van der Waals surface area contributed by atoms with Gasteiger partial charge in [0.1, 0.15) is 0 Å². The van der Waals surface area contributed by atoms with Crippen LogP contribution in [0, 0.1) is 18.3 Å². The normalized spacial score (nSPS) is 14.0. The number of aryl methyl sites for hydroxylation is 3. The van der Waals surface area contributed by atoms with Gasteiger partial charge in [-0.15, -0.1) is 11.3 Å². The third-order valence-corrected chi connectivity index (χ3v) is 5.53. The molecule has 0 bridgehead atoms. The Hall–Kier alpha value is -2.12. The average molecular weight is 307 g/mol. The van der Waals surface area contributed by atoms with Gasteiger partial charge >= 0.3 is 0 Å². The summed E-state index contributed by atoms with van der Waals surface area (Å²) in [6.07, 6.45) is 5.19. The first-order valence-electron chi connectivity index (χ1n) is 7.74. The van der Waals surface area contributed by atoms with Crippen LogP contribution in [0.1, 0.15) is 34.7 Å². The zero-order chi connectivity index (χ0) is 15.1. The first-order valence-corrected chi connectivity index (χ1v) is 8.55. The molecular weight excluding hydrogens is 290 g/mol. The Kier molecular flexibility index (Phi) is 3.24. The predicted octanol–water partition coefficient (Wildman–Crippen LogP) is 4.32. The summed E-state index contributed by atoms with van der Waals surface area (Å²) >= 11 is 1.80. The van der Waals surface area contributed by atoms with Crippen LogP contribution in [0.25, 0.3) is 16.2 Å². The zero-order valence-corrected chi connectivity index (χ0v) is 13.4. The molecule has 2 heterocycles. The lowest BCUT2D eigenvalue weighted by molar-refractivity contribution is 0.671. The number of aromatic nitrogens is 2. The lowest BCUT2D eigenvalue weighted by atomic mass is 10.0. The summed E-state index contributed by atoms with van der Waals surface area (Å²) in [5.41, 5.74) is 5.77. The van der Waals surface area contributed by atoms with Gasteiger partial charge in [-0.2, -0.15) is 5.26 Å². The Morgan fingerprint density at radius 2 is 2.00 bits per heavy atom. The molecule has 0 unspecified atom stereocenters. The van der Waals surface area contributed by atoms with E-state index >= 15 is 0 Å². The number of hydrogen-bond donors (Lipinski definition) is 0. The van der Waals surface area contributed by atoms with Crippen LogP contribution in [0.3, 0.4) is 0 Å². The quantitative estimate of drug-likeness (QED) is 0.707. The predicted molar refractivity (Wildman–Crippen MR) is 89.2 cm³/mol. The van der Waals surface area contributed by atoms with E-state index in [1.165, 1.54) is 29.0 Å². The van der Waals surface area contributed by atoms with Crippen molar-refractivity contribution in [2.24, 2.45) is 0 Å². The molecule has 110 valence electrons. The zero-order valence-electron chi connectivity index (χ0n) is 12.6. The standard InChI is InChI=1S/C18H17N3S/c1-12-6-8-13(9-7-12)17-15(10-11-19)21-14-4-2-3-5-16(14)22-18(21)20-17/h6-9H,2-5,10H2,1H3. The van der Waals surface area contributed by atoms with Gasteiger partial charge in [-0.3, -0.25) is 4.40 Å². The van der Waals surface area contributed by atoms with Crippen LogP contribution in [0.15, 0.2) is 24.3 Å². The average Bonchev–Trinajstić information content (AvgIpc) is 3.05. The molecule has 3 nitrogen and oxygen atoms in total. The minimum absolute atomic E-state index is 0.410. The van der Waals surface area contributed by atoms with E-state index in [1.54, 1.807) is 11.3 Å². The fourth-order valence-electron chi connectivity index (χ4n) is 3.28.